The summed E-state index contributed by atoms with van der Waals surface area (Å²) in [4.78, 5) is 12.0. The number of carbonyl (C=O) groups excluding carboxylic acids is 1. The van der Waals surface area contributed by atoms with Crippen molar-refractivity contribution in [3.8, 4) is 5.69 Å². The Morgan fingerprint density at radius 3 is 2.79 bits per heavy atom. The molecule has 0 bridgehead atoms. The molecular weight excluding hydrogens is 384 g/mol. The second kappa shape index (κ2) is 6.83. The van der Waals surface area contributed by atoms with Crippen LogP contribution in [0.3, 0.4) is 0 Å². The molecule has 0 atom stereocenters. The predicted molar refractivity (Wildman–Crippen MR) is 84.4 cm³/mol. The molecule has 3 aromatic rings. The van der Waals surface area contributed by atoms with Gasteiger partial charge in [0.1, 0.15) is 11.6 Å². The molecule has 9 heteroatoms. The first kappa shape index (κ1) is 16.2. The Balaban J connectivity index is 1.76. The normalized spacial score (nSPS) is 10.6. The lowest BCUT2D eigenvalue weighted by molar-refractivity contribution is 0.0945. The van der Waals surface area contributed by atoms with Crippen LogP contribution in [-0.4, -0.2) is 26.1 Å². The molecule has 1 aromatic heterocycles. The maximum atomic E-state index is 13.6. The van der Waals surface area contributed by atoms with Gasteiger partial charge < -0.3 is 5.32 Å². The van der Waals surface area contributed by atoms with Gasteiger partial charge in [-0.15, -0.1) is 5.10 Å². The van der Waals surface area contributed by atoms with E-state index in [0.717, 1.165) is 16.6 Å². The third-order valence-electron chi connectivity index (χ3n) is 3.17. The molecule has 0 radical (unpaired) electrons. The van der Waals surface area contributed by atoms with Crippen molar-refractivity contribution in [2.75, 3.05) is 0 Å². The van der Waals surface area contributed by atoms with Gasteiger partial charge in [-0.25, -0.2) is 8.78 Å². The summed E-state index contributed by atoms with van der Waals surface area (Å²) in [6, 6.07) is 10.0. The average Bonchev–Trinajstić information content (AvgIpc) is 3.01. The van der Waals surface area contributed by atoms with Crippen molar-refractivity contribution in [2.45, 2.75) is 6.54 Å². The van der Waals surface area contributed by atoms with Crippen LogP contribution in [0.15, 0.2) is 46.9 Å². The van der Waals surface area contributed by atoms with E-state index < -0.39 is 17.5 Å². The van der Waals surface area contributed by atoms with Gasteiger partial charge in [-0.2, -0.15) is 4.68 Å². The highest BCUT2D eigenvalue weighted by molar-refractivity contribution is 9.10. The van der Waals surface area contributed by atoms with Crippen LogP contribution >= 0.6 is 15.9 Å². The fraction of sp³-hybridized carbons (Fsp3) is 0.0667. The summed E-state index contributed by atoms with van der Waals surface area (Å²) < 4.78 is 28.8. The van der Waals surface area contributed by atoms with E-state index in [9.17, 15) is 13.6 Å². The first-order chi connectivity index (χ1) is 11.5. The average molecular weight is 394 g/mol. The lowest BCUT2D eigenvalue weighted by Gasteiger charge is -2.07. The van der Waals surface area contributed by atoms with E-state index in [2.05, 4.69) is 36.8 Å². The van der Waals surface area contributed by atoms with Crippen LogP contribution < -0.4 is 5.32 Å². The molecule has 0 aliphatic rings. The lowest BCUT2D eigenvalue weighted by atomic mass is 10.2. The summed E-state index contributed by atoms with van der Waals surface area (Å²) in [6.45, 7) is -0.0187. The van der Waals surface area contributed by atoms with Crippen molar-refractivity contribution in [3.05, 3.63) is 70.0 Å². The quantitative estimate of drug-likeness (QED) is 0.739. The Bertz CT molecular complexity index is 899. The topological polar surface area (TPSA) is 72.7 Å². The Morgan fingerprint density at radius 1 is 1.21 bits per heavy atom. The predicted octanol–water partition coefficient (Wildman–Crippen LogP) is 2.63. The van der Waals surface area contributed by atoms with Gasteiger partial charge in [-0.05, 0) is 40.8 Å². The molecule has 2 aromatic carbocycles. The van der Waals surface area contributed by atoms with Crippen LogP contribution in [-0.2, 0) is 6.54 Å². The minimum Gasteiger partial charge on any atom is -0.345 e. The molecule has 1 amide bonds. The summed E-state index contributed by atoms with van der Waals surface area (Å²) in [5.74, 6) is -2.00. The summed E-state index contributed by atoms with van der Waals surface area (Å²) in [6.07, 6.45) is 0. The monoisotopic (exact) mass is 393 g/mol. The van der Waals surface area contributed by atoms with E-state index in [1.54, 1.807) is 12.1 Å². The Hall–Kier alpha value is -2.68. The summed E-state index contributed by atoms with van der Waals surface area (Å²) in [5.41, 5.74) is 0.449. The van der Waals surface area contributed by atoms with Crippen LogP contribution in [0.5, 0.6) is 0 Å². The molecule has 0 unspecified atom stereocenters. The number of aromatic nitrogens is 4. The number of rotatable bonds is 4. The van der Waals surface area contributed by atoms with Crippen molar-refractivity contribution in [3.63, 3.8) is 0 Å². The minimum absolute atomic E-state index is 0.0187. The molecule has 0 spiro atoms. The van der Waals surface area contributed by atoms with Crippen molar-refractivity contribution < 1.29 is 13.6 Å². The van der Waals surface area contributed by atoms with E-state index in [1.165, 1.54) is 4.68 Å². The zero-order valence-electron chi connectivity index (χ0n) is 12.1. The van der Waals surface area contributed by atoms with Gasteiger partial charge in [-0.1, -0.05) is 22.0 Å². The number of hydrogen-bond donors (Lipinski definition) is 1. The summed E-state index contributed by atoms with van der Waals surface area (Å²) >= 11 is 3.35. The van der Waals surface area contributed by atoms with Crippen LogP contribution in [0.25, 0.3) is 5.69 Å². The molecule has 1 N–H and O–H groups in total. The Kier molecular flexibility index (Phi) is 4.61. The number of tetrazole rings is 1. The Morgan fingerprint density at radius 2 is 2.04 bits per heavy atom. The van der Waals surface area contributed by atoms with Crippen molar-refractivity contribution in [2.24, 2.45) is 0 Å². The third-order valence-corrected chi connectivity index (χ3v) is 3.66. The van der Waals surface area contributed by atoms with Crippen LogP contribution in [0.4, 0.5) is 8.78 Å². The van der Waals surface area contributed by atoms with Crippen molar-refractivity contribution in [1.29, 1.82) is 0 Å². The first-order valence-corrected chi connectivity index (χ1v) is 7.60. The maximum Gasteiger partial charge on any atom is 0.254 e. The molecule has 3 rings (SSSR count). The van der Waals surface area contributed by atoms with E-state index in [-0.39, 0.29) is 12.1 Å². The van der Waals surface area contributed by atoms with Crippen LogP contribution in [0.1, 0.15) is 16.2 Å². The smallest absolute Gasteiger partial charge is 0.254 e. The van der Waals surface area contributed by atoms with Gasteiger partial charge in [-0.3, -0.25) is 4.79 Å². The highest BCUT2D eigenvalue weighted by Crippen LogP contribution is 2.15. The molecule has 0 aliphatic heterocycles. The summed E-state index contributed by atoms with van der Waals surface area (Å²) in [7, 11) is 0. The SMILES string of the molecule is O=C(NCc1nnnn1-c1cccc(Br)c1)c1ccc(F)cc1F. The Labute approximate surface area is 143 Å². The number of nitrogens with one attached hydrogen (secondary N) is 1. The van der Waals surface area contributed by atoms with Crippen molar-refractivity contribution >= 4 is 21.8 Å². The molecule has 6 nitrogen and oxygen atoms in total. The first-order valence-electron chi connectivity index (χ1n) is 6.81. The molecule has 0 fully saturated rings. The molecular formula is C15H10BrF2N5O. The van der Waals surface area contributed by atoms with E-state index in [1.807, 2.05) is 12.1 Å². The third kappa shape index (κ3) is 3.46. The standard InChI is InChI=1S/C15H10BrF2N5O/c16-9-2-1-3-11(6-9)23-14(20-21-22-23)8-19-15(24)12-5-4-10(17)7-13(12)18/h1-7H,8H2,(H,19,24). The van der Waals surface area contributed by atoms with E-state index in [4.69, 9.17) is 0 Å². The summed E-state index contributed by atoms with van der Waals surface area (Å²) in [5, 5.41) is 13.8. The molecule has 1 heterocycles. The molecule has 0 saturated carbocycles. The van der Waals surface area contributed by atoms with Gasteiger partial charge in [0.2, 0.25) is 0 Å². The van der Waals surface area contributed by atoms with Crippen LogP contribution in [0.2, 0.25) is 0 Å². The number of hydrogen-bond acceptors (Lipinski definition) is 4. The van der Waals surface area contributed by atoms with Gasteiger partial charge in [0.25, 0.3) is 5.91 Å². The number of carbonyl (C=O) groups is 1. The van der Waals surface area contributed by atoms with E-state index >= 15 is 0 Å². The second-order valence-corrected chi connectivity index (χ2v) is 5.71. The molecule has 24 heavy (non-hydrogen) atoms. The van der Waals surface area contributed by atoms with Crippen LogP contribution in [0, 0.1) is 11.6 Å². The van der Waals surface area contributed by atoms with Crippen molar-refractivity contribution in [1.82, 2.24) is 25.5 Å². The zero-order chi connectivity index (χ0) is 17.1. The minimum atomic E-state index is -0.931. The molecule has 0 saturated heterocycles. The number of benzene rings is 2. The second-order valence-electron chi connectivity index (χ2n) is 4.79. The number of amides is 1. The van der Waals surface area contributed by atoms with Gasteiger partial charge >= 0.3 is 0 Å². The van der Waals surface area contributed by atoms with Gasteiger partial charge in [0.15, 0.2) is 5.82 Å². The highest BCUT2D eigenvalue weighted by Gasteiger charge is 2.14. The highest BCUT2D eigenvalue weighted by atomic mass is 79.9. The molecule has 0 aliphatic carbocycles. The van der Waals surface area contributed by atoms with Gasteiger partial charge in [0, 0.05) is 10.5 Å². The zero-order valence-corrected chi connectivity index (χ0v) is 13.7. The fourth-order valence-corrected chi connectivity index (χ4v) is 2.44. The molecule has 122 valence electrons. The van der Waals surface area contributed by atoms with E-state index in [0.29, 0.717) is 17.6 Å². The largest absolute Gasteiger partial charge is 0.345 e. The van der Waals surface area contributed by atoms with Gasteiger partial charge in [0.05, 0.1) is 17.8 Å². The fourth-order valence-electron chi connectivity index (χ4n) is 2.05. The number of halogens is 3. The number of nitrogens with zero attached hydrogens (tertiary/aromatic N) is 4. The lowest BCUT2D eigenvalue weighted by Crippen LogP contribution is -2.25. The maximum absolute atomic E-state index is 13.6.